The number of para-hydroxylation sites is 2. The first kappa shape index (κ1) is 11.6. The van der Waals surface area contributed by atoms with Crippen molar-refractivity contribution in [1.29, 1.82) is 0 Å². The van der Waals surface area contributed by atoms with Crippen molar-refractivity contribution in [3.8, 4) is 0 Å². The molecule has 2 heterocycles. The van der Waals surface area contributed by atoms with Crippen LogP contribution in [-0.4, -0.2) is 19.5 Å². The lowest BCUT2D eigenvalue weighted by Crippen LogP contribution is -2.06. The first-order chi connectivity index (χ1) is 9.24. The molecular formula is C14H15N5. The van der Waals surface area contributed by atoms with Crippen LogP contribution in [0.5, 0.6) is 0 Å². The lowest BCUT2D eigenvalue weighted by atomic mass is 10.3. The number of aromatic nitrogens is 4. The minimum atomic E-state index is 0.639. The van der Waals surface area contributed by atoms with E-state index in [0.717, 1.165) is 28.4 Å². The van der Waals surface area contributed by atoms with Gasteiger partial charge in [-0.3, -0.25) is 0 Å². The maximum absolute atomic E-state index is 4.56. The van der Waals surface area contributed by atoms with Gasteiger partial charge in [-0.1, -0.05) is 12.1 Å². The highest BCUT2D eigenvalue weighted by molar-refractivity contribution is 5.78. The summed E-state index contributed by atoms with van der Waals surface area (Å²) >= 11 is 0. The first-order valence-corrected chi connectivity index (χ1v) is 6.17. The molecule has 0 aliphatic heterocycles. The van der Waals surface area contributed by atoms with Crippen molar-refractivity contribution in [3.63, 3.8) is 0 Å². The summed E-state index contributed by atoms with van der Waals surface area (Å²) in [5, 5.41) is 3.31. The highest BCUT2D eigenvalue weighted by Crippen LogP contribution is 2.17. The van der Waals surface area contributed by atoms with Crippen LogP contribution in [0.3, 0.4) is 0 Å². The predicted octanol–water partition coefficient (Wildman–Crippen LogP) is 2.28. The van der Waals surface area contributed by atoms with Crippen molar-refractivity contribution in [1.82, 2.24) is 19.5 Å². The largest absolute Gasteiger partial charge is 0.350 e. The van der Waals surface area contributed by atoms with E-state index in [1.54, 1.807) is 6.33 Å². The Bertz CT molecular complexity index is 717. The number of rotatable bonds is 3. The van der Waals surface area contributed by atoms with Gasteiger partial charge in [0.15, 0.2) is 0 Å². The Kier molecular flexibility index (Phi) is 2.87. The average Bonchev–Trinajstić information content (AvgIpc) is 2.74. The maximum Gasteiger partial charge on any atom is 0.203 e. The lowest BCUT2D eigenvalue weighted by Gasteiger charge is -2.05. The molecule has 0 aliphatic carbocycles. The molecule has 0 fully saturated rings. The van der Waals surface area contributed by atoms with Crippen LogP contribution in [0.25, 0.3) is 11.0 Å². The molecule has 19 heavy (non-hydrogen) atoms. The Morgan fingerprint density at radius 2 is 2.05 bits per heavy atom. The number of anilines is 1. The molecule has 0 saturated carbocycles. The Morgan fingerprint density at radius 1 is 1.21 bits per heavy atom. The summed E-state index contributed by atoms with van der Waals surface area (Å²) in [6, 6.07) is 10.0. The van der Waals surface area contributed by atoms with Gasteiger partial charge < -0.3 is 9.88 Å². The number of benzene rings is 1. The van der Waals surface area contributed by atoms with E-state index in [-0.39, 0.29) is 0 Å². The molecule has 0 amide bonds. The fraction of sp³-hybridized carbons (Fsp3) is 0.214. The molecule has 1 aromatic carbocycles. The van der Waals surface area contributed by atoms with E-state index in [0.29, 0.717) is 6.54 Å². The molecule has 0 radical (unpaired) electrons. The molecule has 3 aromatic rings. The summed E-state index contributed by atoms with van der Waals surface area (Å²) in [6.45, 7) is 2.60. The zero-order valence-corrected chi connectivity index (χ0v) is 11.0. The van der Waals surface area contributed by atoms with Crippen LogP contribution in [0.15, 0.2) is 36.7 Å². The summed E-state index contributed by atoms with van der Waals surface area (Å²) in [6.07, 6.45) is 1.58. The van der Waals surface area contributed by atoms with Crippen LogP contribution in [0, 0.1) is 6.92 Å². The average molecular weight is 253 g/mol. The van der Waals surface area contributed by atoms with Gasteiger partial charge in [-0.25, -0.2) is 15.0 Å². The molecule has 5 nitrogen and oxygen atoms in total. The molecule has 0 atom stereocenters. The van der Waals surface area contributed by atoms with Gasteiger partial charge in [0.1, 0.15) is 6.33 Å². The first-order valence-electron chi connectivity index (χ1n) is 6.17. The van der Waals surface area contributed by atoms with E-state index >= 15 is 0 Å². The van der Waals surface area contributed by atoms with Crippen LogP contribution in [-0.2, 0) is 13.6 Å². The van der Waals surface area contributed by atoms with E-state index in [9.17, 15) is 0 Å². The Morgan fingerprint density at radius 3 is 2.84 bits per heavy atom. The van der Waals surface area contributed by atoms with Crippen LogP contribution in [0.2, 0.25) is 0 Å². The second kappa shape index (κ2) is 4.68. The molecule has 0 saturated heterocycles. The molecule has 96 valence electrons. The van der Waals surface area contributed by atoms with Crippen molar-refractivity contribution in [2.75, 3.05) is 5.32 Å². The smallest absolute Gasteiger partial charge is 0.203 e. The summed E-state index contributed by atoms with van der Waals surface area (Å²) in [5.41, 5.74) is 4.03. The Labute approximate surface area is 111 Å². The molecule has 0 spiro atoms. The van der Waals surface area contributed by atoms with E-state index in [4.69, 9.17) is 0 Å². The number of imidazole rings is 1. The zero-order valence-electron chi connectivity index (χ0n) is 11.0. The third-order valence-electron chi connectivity index (χ3n) is 3.08. The SMILES string of the molecule is Cc1cc(CNc2nc3ccccc3n2C)ncn1. The van der Waals surface area contributed by atoms with Gasteiger partial charge in [0.05, 0.1) is 23.3 Å². The quantitative estimate of drug-likeness (QED) is 0.778. The predicted molar refractivity (Wildman–Crippen MR) is 74.8 cm³/mol. The van der Waals surface area contributed by atoms with Gasteiger partial charge in [0.2, 0.25) is 5.95 Å². The lowest BCUT2D eigenvalue weighted by molar-refractivity contribution is 0.907. The second-order valence-electron chi connectivity index (χ2n) is 4.49. The van der Waals surface area contributed by atoms with Gasteiger partial charge in [-0.2, -0.15) is 0 Å². The van der Waals surface area contributed by atoms with E-state index in [2.05, 4.69) is 26.3 Å². The molecule has 1 N–H and O–H groups in total. The fourth-order valence-corrected chi connectivity index (χ4v) is 2.08. The summed E-state index contributed by atoms with van der Waals surface area (Å²) in [7, 11) is 2.00. The minimum Gasteiger partial charge on any atom is -0.350 e. The van der Waals surface area contributed by atoms with Gasteiger partial charge in [0, 0.05) is 12.7 Å². The molecule has 2 aromatic heterocycles. The van der Waals surface area contributed by atoms with Crippen LogP contribution in [0.4, 0.5) is 5.95 Å². The monoisotopic (exact) mass is 253 g/mol. The molecule has 3 rings (SSSR count). The molecule has 5 heteroatoms. The number of aryl methyl sites for hydroxylation is 2. The zero-order chi connectivity index (χ0) is 13.2. The van der Waals surface area contributed by atoms with Gasteiger partial charge in [-0.15, -0.1) is 0 Å². The Hall–Kier alpha value is -2.43. The summed E-state index contributed by atoms with van der Waals surface area (Å²) < 4.78 is 2.05. The summed E-state index contributed by atoms with van der Waals surface area (Å²) in [5.74, 6) is 0.845. The summed E-state index contributed by atoms with van der Waals surface area (Å²) in [4.78, 5) is 12.9. The van der Waals surface area contributed by atoms with Gasteiger partial charge in [0.25, 0.3) is 0 Å². The van der Waals surface area contributed by atoms with Gasteiger partial charge >= 0.3 is 0 Å². The molecular weight excluding hydrogens is 238 g/mol. The number of nitrogens with one attached hydrogen (secondary N) is 1. The van der Waals surface area contributed by atoms with Crippen molar-refractivity contribution >= 4 is 17.0 Å². The fourth-order valence-electron chi connectivity index (χ4n) is 2.08. The van der Waals surface area contributed by atoms with E-state index in [1.165, 1.54) is 0 Å². The molecule has 0 bridgehead atoms. The van der Waals surface area contributed by atoms with Crippen molar-refractivity contribution in [3.05, 3.63) is 48.0 Å². The standard InChI is InChI=1S/C14H15N5/c1-10-7-11(17-9-16-10)8-15-14-18-12-5-3-4-6-13(12)19(14)2/h3-7,9H,8H2,1-2H3,(H,15,18). The van der Waals surface area contributed by atoms with E-state index in [1.807, 2.05) is 42.8 Å². The molecule has 0 aliphatic rings. The molecule has 0 unspecified atom stereocenters. The van der Waals surface area contributed by atoms with Crippen LogP contribution >= 0.6 is 0 Å². The van der Waals surface area contributed by atoms with Crippen molar-refractivity contribution in [2.24, 2.45) is 7.05 Å². The minimum absolute atomic E-state index is 0.639. The number of hydrogen-bond acceptors (Lipinski definition) is 4. The Balaban J connectivity index is 1.84. The number of fused-ring (bicyclic) bond motifs is 1. The third kappa shape index (κ3) is 2.27. The number of nitrogens with zero attached hydrogens (tertiary/aromatic N) is 4. The van der Waals surface area contributed by atoms with Crippen molar-refractivity contribution in [2.45, 2.75) is 13.5 Å². The van der Waals surface area contributed by atoms with Crippen LogP contribution in [0.1, 0.15) is 11.4 Å². The normalized spacial score (nSPS) is 10.8. The van der Waals surface area contributed by atoms with Gasteiger partial charge in [-0.05, 0) is 25.1 Å². The highest BCUT2D eigenvalue weighted by atomic mass is 15.2. The third-order valence-corrected chi connectivity index (χ3v) is 3.08. The highest BCUT2D eigenvalue weighted by Gasteiger charge is 2.06. The van der Waals surface area contributed by atoms with Crippen LogP contribution < -0.4 is 5.32 Å². The number of hydrogen-bond donors (Lipinski definition) is 1. The second-order valence-corrected chi connectivity index (χ2v) is 4.49. The van der Waals surface area contributed by atoms with E-state index < -0.39 is 0 Å². The topological polar surface area (TPSA) is 55.6 Å². The van der Waals surface area contributed by atoms with Crippen molar-refractivity contribution < 1.29 is 0 Å². The maximum atomic E-state index is 4.56.